The summed E-state index contributed by atoms with van der Waals surface area (Å²) in [7, 11) is 0. The normalized spacial score (nSPS) is 22.6. The summed E-state index contributed by atoms with van der Waals surface area (Å²) in [5.74, 6) is -0.0515. The molecular weight excluding hydrogens is 256 g/mol. The molecule has 1 aliphatic heterocycles. The third-order valence-electron chi connectivity index (χ3n) is 3.80. The standard InChI is InChI=1S/C15H22N2O3/c1-3-20-15(19)11-4-5-13(12(16)8-11)17-7-6-10(2)14(18)9-17/h4-5,8,10,14,18H,3,6-7,9,16H2,1-2H3. The second-order valence-electron chi connectivity index (χ2n) is 5.27. The molecule has 0 spiro atoms. The van der Waals surface area contributed by atoms with Gasteiger partial charge in [-0.05, 0) is 37.5 Å². The molecule has 0 amide bonds. The number of nitrogens with two attached hydrogens (primary N) is 1. The highest BCUT2D eigenvalue weighted by molar-refractivity contribution is 5.92. The average Bonchev–Trinajstić information content (AvgIpc) is 2.42. The number of nitrogen functional groups attached to an aromatic ring is 1. The van der Waals surface area contributed by atoms with E-state index in [1.165, 1.54) is 0 Å². The second kappa shape index (κ2) is 6.13. The van der Waals surface area contributed by atoms with Crippen LogP contribution in [0.1, 0.15) is 30.6 Å². The summed E-state index contributed by atoms with van der Waals surface area (Å²) >= 11 is 0. The molecule has 1 aliphatic rings. The molecule has 1 aromatic rings. The number of piperidine rings is 1. The van der Waals surface area contributed by atoms with Gasteiger partial charge in [-0.3, -0.25) is 0 Å². The molecule has 0 saturated carbocycles. The largest absolute Gasteiger partial charge is 0.462 e. The van der Waals surface area contributed by atoms with Gasteiger partial charge in [-0.15, -0.1) is 0 Å². The molecule has 0 radical (unpaired) electrons. The van der Waals surface area contributed by atoms with E-state index < -0.39 is 0 Å². The summed E-state index contributed by atoms with van der Waals surface area (Å²) < 4.78 is 4.95. The number of β-amino-alcohol motifs (C(OH)–C–C–N with tert-alkyl or cyclic N) is 1. The summed E-state index contributed by atoms with van der Waals surface area (Å²) in [5, 5.41) is 9.96. The summed E-state index contributed by atoms with van der Waals surface area (Å²) in [6.07, 6.45) is 0.591. The van der Waals surface area contributed by atoms with Crippen molar-refractivity contribution < 1.29 is 14.6 Å². The fourth-order valence-electron chi connectivity index (χ4n) is 2.45. The number of benzene rings is 1. The van der Waals surface area contributed by atoms with E-state index in [4.69, 9.17) is 10.5 Å². The Morgan fingerprint density at radius 1 is 1.55 bits per heavy atom. The van der Waals surface area contributed by atoms with Crippen LogP contribution in [0.15, 0.2) is 18.2 Å². The van der Waals surface area contributed by atoms with Crippen LogP contribution in [-0.4, -0.2) is 36.9 Å². The first-order valence-corrected chi connectivity index (χ1v) is 7.02. The molecular formula is C15H22N2O3. The molecule has 110 valence electrons. The minimum Gasteiger partial charge on any atom is -0.462 e. The van der Waals surface area contributed by atoms with Gasteiger partial charge in [0.05, 0.1) is 29.6 Å². The minimum absolute atomic E-state index is 0.311. The zero-order valence-electron chi connectivity index (χ0n) is 12.0. The Balaban J connectivity index is 2.16. The van der Waals surface area contributed by atoms with Gasteiger partial charge in [-0.25, -0.2) is 4.79 Å². The fraction of sp³-hybridized carbons (Fsp3) is 0.533. The van der Waals surface area contributed by atoms with Crippen molar-refractivity contribution in [2.75, 3.05) is 30.3 Å². The number of anilines is 2. The zero-order valence-corrected chi connectivity index (χ0v) is 12.0. The third kappa shape index (κ3) is 3.04. The summed E-state index contributed by atoms with van der Waals surface area (Å²) in [5.41, 5.74) is 7.90. The van der Waals surface area contributed by atoms with Crippen LogP contribution < -0.4 is 10.6 Å². The van der Waals surface area contributed by atoms with Gasteiger partial charge in [-0.2, -0.15) is 0 Å². The van der Waals surface area contributed by atoms with Crippen LogP contribution in [0.4, 0.5) is 11.4 Å². The van der Waals surface area contributed by atoms with Gasteiger partial charge in [-0.1, -0.05) is 6.92 Å². The van der Waals surface area contributed by atoms with Gasteiger partial charge in [0.2, 0.25) is 0 Å². The number of hydrogen-bond donors (Lipinski definition) is 2. The van der Waals surface area contributed by atoms with Crippen LogP contribution in [0, 0.1) is 5.92 Å². The molecule has 20 heavy (non-hydrogen) atoms. The van der Waals surface area contributed by atoms with E-state index in [0.717, 1.165) is 18.7 Å². The van der Waals surface area contributed by atoms with Crippen LogP contribution in [0.2, 0.25) is 0 Å². The van der Waals surface area contributed by atoms with Gasteiger partial charge in [0.1, 0.15) is 0 Å². The number of hydrogen-bond acceptors (Lipinski definition) is 5. The second-order valence-corrected chi connectivity index (χ2v) is 5.27. The first-order chi connectivity index (χ1) is 9.52. The maximum atomic E-state index is 11.6. The molecule has 2 atom stereocenters. The molecule has 1 aromatic carbocycles. The van der Waals surface area contributed by atoms with Crippen molar-refractivity contribution in [3.63, 3.8) is 0 Å². The first kappa shape index (κ1) is 14.7. The fourth-order valence-corrected chi connectivity index (χ4v) is 2.45. The van der Waals surface area contributed by atoms with Gasteiger partial charge in [0.15, 0.2) is 0 Å². The number of aliphatic hydroxyl groups is 1. The van der Waals surface area contributed by atoms with E-state index in [1.807, 2.05) is 6.07 Å². The lowest BCUT2D eigenvalue weighted by atomic mass is 9.95. The van der Waals surface area contributed by atoms with E-state index in [0.29, 0.717) is 30.3 Å². The highest BCUT2D eigenvalue weighted by atomic mass is 16.5. The highest BCUT2D eigenvalue weighted by Gasteiger charge is 2.25. The van der Waals surface area contributed by atoms with Gasteiger partial charge < -0.3 is 20.5 Å². The Labute approximate surface area is 119 Å². The monoisotopic (exact) mass is 278 g/mol. The third-order valence-corrected chi connectivity index (χ3v) is 3.80. The van der Waals surface area contributed by atoms with E-state index >= 15 is 0 Å². The number of nitrogens with zero attached hydrogens (tertiary/aromatic N) is 1. The number of ether oxygens (including phenoxy) is 1. The average molecular weight is 278 g/mol. The van der Waals surface area contributed by atoms with E-state index in [9.17, 15) is 9.90 Å². The van der Waals surface area contributed by atoms with Crippen LogP contribution in [0.3, 0.4) is 0 Å². The first-order valence-electron chi connectivity index (χ1n) is 7.02. The van der Waals surface area contributed by atoms with E-state index in [2.05, 4.69) is 11.8 Å². The van der Waals surface area contributed by atoms with Crippen LogP contribution in [-0.2, 0) is 4.74 Å². The van der Waals surface area contributed by atoms with Crippen LogP contribution in [0.25, 0.3) is 0 Å². The lowest BCUT2D eigenvalue weighted by Gasteiger charge is -2.36. The van der Waals surface area contributed by atoms with Crippen molar-refractivity contribution in [3.8, 4) is 0 Å². The SMILES string of the molecule is CCOC(=O)c1ccc(N2CCC(C)C(O)C2)c(N)c1. The molecule has 2 unspecified atom stereocenters. The number of rotatable bonds is 3. The lowest BCUT2D eigenvalue weighted by molar-refractivity contribution is 0.0526. The van der Waals surface area contributed by atoms with Crippen molar-refractivity contribution in [2.24, 2.45) is 5.92 Å². The van der Waals surface area contributed by atoms with Crippen molar-refractivity contribution in [1.82, 2.24) is 0 Å². The number of carbonyl (C=O) groups excluding carboxylic acids is 1. The van der Waals surface area contributed by atoms with E-state index in [1.54, 1.807) is 19.1 Å². The molecule has 1 saturated heterocycles. The predicted molar refractivity (Wildman–Crippen MR) is 78.8 cm³/mol. The van der Waals surface area contributed by atoms with Crippen molar-refractivity contribution in [1.29, 1.82) is 0 Å². The van der Waals surface area contributed by atoms with Gasteiger partial charge in [0, 0.05) is 13.1 Å². The molecule has 0 aliphatic carbocycles. The lowest BCUT2D eigenvalue weighted by Crippen LogP contribution is -2.43. The van der Waals surface area contributed by atoms with Gasteiger partial charge >= 0.3 is 5.97 Å². The predicted octanol–water partition coefficient (Wildman–Crippen LogP) is 1.65. The summed E-state index contributed by atoms with van der Waals surface area (Å²) in [4.78, 5) is 13.7. The molecule has 2 rings (SSSR count). The minimum atomic E-state index is -0.363. The number of esters is 1. The number of carbonyl (C=O) groups is 1. The topological polar surface area (TPSA) is 75.8 Å². The van der Waals surface area contributed by atoms with Crippen molar-refractivity contribution in [2.45, 2.75) is 26.4 Å². The Kier molecular flexibility index (Phi) is 4.49. The molecule has 5 heteroatoms. The molecule has 1 heterocycles. The van der Waals surface area contributed by atoms with Crippen LogP contribution in [0.5, 0.6) is 0 Å². The summed E-state index contributed by atoms with van der Waals surface area (Å²) in [6.45, 7) is 5.60. The molecule has 1 fully saturated rings. The smallest absolute Gasteiger partial charge is 0.338 e. The van der Waals surface area contributed by atoms with Gasteiger partial charge in [0.25, 0.3) is 0 Å². The van der Waals surface area contributed by atoms with Crippen LogP contribution >= 0.6 is 0 Å². The maximum Gasteiger partial charge on any atom is 0.338 e. The quantitative estimate of drug-likeness (QED) is 0.649. The Bertz CT molecular complexity index is 490. The molecule has 0 aromatic heterocycles. The zero-order chi connectivity index (χ0) is 14.7. The van der Waals surface area contributed by atoms with Crippen molar-refractivity contribution >= 4 is 17.3 Å². The van der Waals surface area contributed by atoms with E-state index in [-0.39, 0.29) is 12.1 Å². The van der Waals surface area contributed by atoms with Crippen molar-refractivity contribution in [3.05, 3.63) is 23.8 Å². The Hall–Kier alpha value is -1.75. The number of aliphatic hydroxyl groups excluding tert-OH is 1. The Morgan fingerprint density at radius 2 is 2.30 bits per heavy atom. The maximum absolute atomic E-state index is 11.6. The Morgan fingerprint density at radius 3 is 2.90 bits per heavy atom. The molecule has 5 nitrogen and oxygen atoms in total. The molecule has 0 bridgehead atoms. The molecule has 3 N–H and O–H groups in total. The highest BCUT2D eigenvalue weighted by Crippen LogP contribution is 2.29. The summed E-state index contributed by atoms with van der Waals surface area (Å²) in [6, 6.07) is 5.18.